The molecule has 0 aliphatic rings. The molecule has 11 heteroatoms. The molecule has 2 aromatic carbocycles. The number of benzene rings is 2. The number of nitrogens with one attached hydrogen (secondary N) is 2. The average molecular weight is 457 g/mol. The highest BCUT2D eigenvalue weighted by Gasteiger charge is 2.26. The highest BCUT2D eigenvalue weighted by atomic mass is 32.2. The molecule has 0 fully saturated rings. The molecule has 0 heterocycles. The normalized spacial score (nSPS) is 11.7. The summed E-state index contributed by atoms with van der Waals surface area (Å²) in [6, 6.07) is 5.81. The molecule has 2 aromatic rings. The first-order valence-electron chi connectivity index (χ1n) is 8.68. The predicted molar refractivity (Wildman–Crippen MR) is 114 cm³/mol. The Morgan fingerprint density at radius 3 is 2.10 bits per heavy atom. The molecule has 164 valence electrons. The molecule has 0 atom stereocenters. The Morgan fingerprint density at radius 1 is 0.933 bits per heavy atom. The van der Waals surface area contributed by atoms with Gasteiger partial charge in [-0.15, -0.1) is 0 Å². The SMILES string of the molecule is COC(=O)c1cc(OC)ccc1NS(=O)(=O)c1c(C)cc(C)c(NS(C)(=O)=O)c1C. The summed E-state index contributed by atoms with van der Waals surface area (Å²) in [7, 11) is -5.22. The summed E-state index contributed by atoms with van der Waals surface area (Å²) in [5.41, 5.74) is 1.39. The Bertz CT molecular complexity index is 1200. The van der Waals surface area contributed by atoms with Crippen LogP contribution in [0.1, 0.15) is 27.0 Å². The maximum atomic E-state index is 13.2. The van der Waals surface area contributed by atoms with Crippen LogP contribution in [0.2, 0.25) is 0 Å². The number of sulfonamides is 2. The minimum atomic E-state index is -4.19. The van der Waals surface area contributed by atoms with E-state index in [9.17, 15) is 21.6 Å². The number of hydrogen-bond acceptors (Lipinski definition) is 7. The van der Waals surface area contributed by atoms with Gasteiger partial charge in [0.15, 0.2) is 0 Å². The van der Waals surface area contributed by atoms with Crippen molar-refractivity contribution in [1.29, 1.82) is 0 Å². The molecule has 0 saturated carbocycles. The molecule has 2 N–H and O–H groups in total. The number of rotatable bonds is 7. The standard InChI is InChI=1S/C19H24N2O7S2/c1-11-9-12(2)18(13(3)17(11)21-29(6,23)24)30(25,26)20-16-8-7-14(27-4)10-15(16)19(22)28-5/h7-10,20-21H,1-6H3. The molecule has 30 heavy (non-hydrogen) atoms. The van der Waals surface area contributed by atoms with Crippen LogP contribution in [-0.4, -0.2) is 43.3 Å². The zero-order valence-corrected chi connectivity index (χ0v) is 19.1. The van der Waals surface area contributed by atoms with Crippen LogP contribution in [0.5, 0.6) is 5.75 Å². The molecule has 0 aromatic heterocycles. The number of hydrogen-bond donors (Lipinski definition) is 2. The summed E-state index contributed by atoms with van der Waals surface area (Å²) < 4.78 is 64.4. The van der Waals surface area contributed by atoms with Crippen molar-refractivity contribution in [3.63, 3.8) is 0 Å². The van der Waals surface area contributed by atoms with Gasteiger partial charge < -0.3 is 9.47 Å². The molecule has 0 aliphatic heterocycles. The molecule has 0 saturated heterocycles. The van der Waals surface area contributed by atoms with E-state index in [1.54, 1.807) is 19.9 Å². The second-order valence-electron chi connectivity index (χ2n) is 6.72. The van der Waals surface area contributed by atoms with Crippen LogP contribution in [0.3, 0.4) is 0 Å². The fraction of sp³-hybridized carbons (Fsp3) is 0.316. The van der Waals surface area contributed by atoms with E-state index < -0.39 is 26.0 Å². The molecule has 0 unspecified atom stereocenters. The maximum Gasteiger partial charge on any atom is 0.340 e. The fourth-order valence-corrected chi connectivity index (χ4v) is 5.38. The number of methoxy groups -OCH3 is 2. The number of carbonyl (C=O) groups excluding carboxylic acids is 1. The Kier molecular flexibility index (Phi) is 6.67. The lowest BCUT2D eigenvalue weighted by molar-refractivity contribution is 0.0601. The molecule has 9 nitrogen and oxygen atoms in total. The van der Waals surface area contributed by atoms with E-state index >= 15 is 0 Å². The molecule has 0 aliphatic carbocycles. The van der Waals surface area contributed by atoms with Gasteiger partial charge in [-0.25, -0.2) is 21.6 Å². The topological polar surface area (TPSA) is 128 Å². The van der Waals surface area contributed by atoms with E-state index in [0.29, 0.717) is 16.9 Å². The zero-order valence-electron chi connectivity index (χ0n) is 17.5. The first-order chi connectivity index (χ1) is 13.8. The van der Waals surface area contributed by atoms with E-state index in [1.165, 1.54) is 39.3 Å². The largest absolute Gasteiger partial charge is 0.497 e. The summed E-state index contributed by atoms with van der Waals surface area (Å²) in [6.07, 6.45) is 0.984. The highest BCUT2D eigenvalue weighted by molar-refractivity contribution is 7.93. The third kappa shape index (κ3) is 5.03. The van der Waals surface area contributed by atoms with Crippen LogP contribution in [-0.2, 0) is 24.8 Å². The minimum Gasteiger partial charge on any atom is -0.497 e. The quantitative estimate of drug-likeness (QED) is 0.613. The number of ether oxygens (including phenoxy) is 2. The van der Waals surface area contributed by atoms with E-state index in [2.05, 4.69) is 9.44 Å². The average Bonchev–Trinajstić information content (AvgIpc) is 2.63. The van der Waals surface area contributed by atoms with Gasteiger partial charge >= 0.3 is 5.97 Å². The van der Waals surface area contributed by atoms with Gasteiger partial charge in [0, 0.05) is 0 Å². The Hall–Kier alpha value is -2.79. The lowest BCUT2D eigenvalue weighted by Gasteiger charge is -2.19. The fourth-order valence-electron chi connectivity index (χ4n) is 3.14. The van der Waals surface area contributed by atoms with Gasteiger partial charge in [-0.3, -0.25) is 9.44 Å². The van der Waals surface area contributed by atoms with Gasteiger partial charge in [0.25, 0.3) is 10.0 Å². The molecule has 0 radical (unpaired) electrons. The Morgan fingerprint density at radius 2 is 1.57 bits per heavy atom. The number of carbonyl (C=O) groups is 1. The van der Waals surface area contributed by atoms with Crippen molar-refractivity contribution in [2.24, 2.45) is 0 Å². The van der Waals surface area contributed by atoms with E-state index in [0.717, 1.165) is 6.26 Å². The number of aryl methyl sites for hydroxylation is 2. The van der Waals surface area contributed by atoms with Crippen molar-refractivity contribution in [2.75, 3.05) is 29.9 Å². The van der Waals surface area contributed by atoms with Gasteiger partial charge in [-0.2, -0.15) is 0 Å². The van der Waals surface area contributed by atoms with Crippen LogP contribution < -0.4 is 14.2 Å². The molecule has 0 amide bonds. The summed E-state index contributed by atoms with van der Waals surface area (Å²) in [5.74, 6) is -0.399. The van der Waals surface area contributed by atoms with Gasteiger partial charge in [-0.05, 0) is 55.7 Å². The number of anilines is 2. The summed E-state index contributed by atoms with van der Waals surface area (Å²) >= 11 is 0. The Labute approximate surface area is 176 Å². The van der Waals surface area contributed by atoms with Crippen molar-refractivity contribution in [3.05, 3.63) is 46.5 Å². The van der Waals surface area contributed by atoms with Crippen LogP contribution in [0.25, 0.3) is 0 Å². The molecular formula is C19H24N2O7S2. The van der Waals surface area contributed by atoms with Crippen molar-refractivity contribution in [1.82, 2.24) is 0 Å². The first kappa shape index (κ1) is 23.5. The zero-order chi connectivity index (χ0) is 22.9. The summed E-state index contributed by atoms with van der Waals surface area (Å²) in [4.78, 5) is 12.0. The third-order valence-electron chi connectivity index (χ3n) is 4.33. The van der Waals surface area contributed by atoms with Crippen molar-refractivity contribution < 1.29 is 31.1 Å². The van der Waals surface area contributed by atoms with E-state index in [4.69, 9.17) is 9.47 Å². The second-order valence-corrected chi connectivity index (χ2v) is 10.1. The smallest absolute Gasteiger partial charge is 0.340 e. The second kappa shape index (κ2) is 8.52. The highest BCUT2D eigenvalue weighted by Crippen LogP contribution is 2.33. The monoisotopic (exact) mass is 456 g/mol. The summed E-state index contributed by atoms with van der Waals surface area (Å²) in [6.45, 7) is 4.79. The van der Waals surface area contributed by atoms with Crippen molar-refractivity contribution in [3.8, 4) is 5.75 Å². The van der Waals surface area contributed by atoms with Crippen LogP contribution in [0.4, 0.5) is 11.4 Å². The molecule has 2 rings (SSSR count). The van der Waals surface area contributed by atoms with Crippen LogP contribution in [0.15, 0.2) is 29.2 Å². The van der Waals surface area contributed by atoms with Gasteiger partial charge in [0.05, 0.1) is 42.3 Å². The van der Waals surface area contributed by atoms with E-state index in [1.807, 2.05) is 0 Å². The molecular weight excluding hydrogens is 432 g/mol. The van der Waals surface area contributed by atoms with Gasteiger partial charge in [0.2, 0.25) is 10.0 Å². The molecule has 0 bridgehead atoms. The Balaban J connectivity index is 2.64. The third-order valence-corrected chi connectivity index (χ3v) is 6.56. The van der Waals surface area contributed by atoms with E-state index in [-0.39, 0.29) is 27.4 Å². The number of esters is 1. The van der Waals surface area contributed by atoms with Gasteiger partial charge in [-0.1, -0.05) is 6.07 Å². The lowest BCUT2D eigenvalue weighted by Crippen LogP contribution is -2.20. The minimum absolute atomic E-state index is 0.000327. The lowest BCUT2D eigenvalue weighted by atomic mass is 10.1. The van der Waals surface area contributed by atoms with Crippen LogP contribution in [0, 0.1) is 20.8 Å². The first-order valence-corrected chi connectivity index (χ1v) is 12.1. The van der Waals surface area contributed by atoms with Crippen molar-refractivity contribution in [2.45, 2.75) is 25.7 Å². The molecule has 0 spiro atoms. The van der Waals surface area contributed by atoms with Crippen molar-refractivity contribution >= 4 is 37.4 Å². The summed E-state index contributed by atoms with van der Waals surface area (Å²) in [5, 5.41) is 0. The predicted octanol–water partition coefficient (Wildman–Crippen LogP) is 2.58. The van der Waals surface area contributed by atoms with Crippen LogP contribution >= 0.6 is 0 Å². The van der Waals surface area contributed by atoms with Gasteiger partial charge in [0.1, 0.15) is 5.75 Å². The maximum absolute atomic E-state index is 13.2.